The summed E-state index contributed by atoms with van der Waals surface area (Å²) in [6.45, 7) is 6.99. The van der Waals surface area contributed by atoms with E-state index in [1.165, 1.54) is 22.4 Å². The van der Waals surface area contributed by atoms with Gasteiger partial charge in [-0.3, -0.25) is 0 Å². The van der Waals surface area contributed by atoms with Crippen LogP contribution < -0.4 is 10.6 Å². The van der Waals surface area contributed by atoms with Gasteiger partial charge in [0.25, 0.3) is 0 Å². The standard InChI is InChI=1S/C18H24N2/c1-3-11-20(14-16-7-5-4-6-8-16)18-10-9-17(13-19)15(2)12-18/h4-10,12H,3,11,13-14,19H2,1-2H3. The van der Waals surface area contributed by atoms with Gasteiger partial charge in [-0.05, 0) is 42.2 Å². The monoisotopic (exact) mass is 268 g/mol. The maximum Gasteiger partial charge on any atom is 0.0429 e. The van der Waals surface area contributed by atoms with Crippen LogP contribution in [0.3, 0.4) is 0 Å². The molecule has 2 aromatic carbocycles. The van der Waals surface area contributed by atoms with E-state index in [0.717, 1.165) is 19.5 Å². The van der Waals surface area contributed by atoms with E-state index in [1.54, 1.807) is 0 Å². The first-order chi connectivity index (χ1) is 9.74. The number of nitrogens with two attached hydrogens (primary N) is 1. The van der Waals surface area contributed by atoms with Crippen molar-refractivity contribution < 1.29 is 0 Å². The predicted molar refractivity (Wildman–Crippen MR) is 86.9 cm³/mol. The highest BCUT2D eigenvalue weighted by Gasteiger charge is 2.08. The molecule has 0 aliphatic carbocycles. The first-order valence-electron chi connectivity index (χ1n) is 7.33. The van der Waals surface area contributed by atoms with E-state index in [2.05, 4.69) is 67.3 Å². The number of aryl methyl sites for hydroxylation is 1. The van der Waals surface area contributed by atoms with Gasteiger partial charge in [0, 0.05) is 25.3 Å². The third-order valence-electron chi connectivity index (χ3n) is 3.62. The molecule has 0 aliphatic rings. The lowest BCUT2D eigenvalue weighted by Gasteiger charge is -2.25. The molecular formula is C18H24N2. The second-order valence-electron chi connectivity index (χ2n) is 5.22. The molecule has 0 unspecified atom stereocenters. The van der Waals surface area contributed by atoms with Crippen LogP contribution in [0.1, 0.15) is 30.0 Å². The fourth-order valence-electron chi connectivity index (χ4n) is 2.48. The molecule has 0 aromatic heterocycles. The van der Waals surface area contributed by atoms with Crippen LogP contribution in [-0.2, 0) is 13.1 Å². The van der Waals surface area contributed by atoms with Crippen LogP contribution in [-0.4, -0.2) is 6.54 Å². The molecule has 0 saturated carbocycles. The van der Waals surface area contributed by atoms with Gasteiger partial charge in [0.15, 0.2) is 0 Å². The van der Waals surface area contributed by atoms with Gasteiger partial charge in [-0.1, -0.05) is 43.3 Å². The van der Waals surface area contributed by atoms with Crippen molar-refractivity contribution >= 4 is 5.69 Å². The lowest BCUT2D eigenvalue weighted by molar-refractivity contribution is 0.766. The number of nitrogens with zero attached hydrogens (tertiary/aromatic N) is 1. The van der Waals surface area contributed by atoms with Crippen molar-refractivity contribution in [1.82, 2.24) is 0 Å². The minimum atomic E-state index is 0.610. The minimum Gasteiger partial charge on any atom is -0.367 e. The summed E-state index contributed by atoms with van der Waals surface area (Å²) in [6, 6.07) is 17.2. The summed E-state index contributed by atoms with van der Waals surface area (Å²) in [7, 11) is 0. The average molecular weight is 268 g/mol. The molecule has 0 amide bonds. The third kappa shape index (κ3) is 3.61. The molecule has 0 fully saturated rings. The summed E-state index contributed by atoms with van der Waals surface area (Å²) in [6.07, 6.45) is 1.14. The number of anilines is 1. The lowest BCUT2D eigenvalue weighted by Crippen LogP contribution is -2.23. The van der Waals surface area contributed by atoms with Gasteiger partial charge in [-0.25, -0.2) is 0 Å². The lowest BCUT2D eigenvalue weighted by atomic mass is 10.1. The van der Waals surface area contributed by atoms with Crippen LogP contribution >= 0.6 is 0 Å². The van der Waals surface area contributed by atoms with Crippen LogP contribution in [0.5, 0.6) is 0 Å². The number of benzene rings is 2. The molecule has 2 heteroatoms. The summed E-state index contributed by atoms with van der Waals surface area (Å²) in [4.78, 5) is 2.43. The molecule has 0 aliphatic heterocycles. The van der Waals surface area contributed by atoms with E-state index >= 15 is 0 Å². The highest BCUT2D eigenvalue weighted by Crippen LogP contribution is 2.21. The number of hydrogen-bond acceptors (Lipinski definition) is 2. The van der Waals surface area contributed by atoms with Gasteiger partial charge in [0.1, 0.15) is 0 Å². The summed E-state index contributed by atoms with van der Waals surface area (Å²) in [5, 5.41) is 0. The molecule has 0 saturated heterocycles. The largest absolute Gasteiger partial charge is 0.367 e. The molecule has 2 rings (SSSR count). The molecule has 0 radical (unpaired) electrons. The Morgan fingerprint density at radius 1 is 1.05 bits per heavy atom. The highest BCUT2D eigenvalue weighted by atomic mass is 15.1. The SMILES string of the molecule is CCCN(Cc1ccccc1)c1ccc(CN)c(C)c1. The topological polar surface area (TPSA) is 29.3 Å². The molecule has 0 spiro atoms. The molecular weight excluding hydrogens is 244 g/mol. The maximum absolute atomic E-state index is 5.75. The summed E-state index contributed by atoms with van der Waals surface area (Å²) in [5.41, 5.74) is 10.9. The fraction of sp³-hybridized carbons (Fsp3) is 0.333. The third-order valence-corrected chi connectivity index (χ3v) is 3.62. The highest BCUT2D eigenvalue weighted by molar-refractivity contribution is 5.51. The average Bonchev–Trinajstić information content (AvgIpc) is 2.48. The summed E-state index contributed by atoms with van der Waals surface area (Å²) < 4.78 is 0. The van der Waals surface area contributed by atoms with Crippen molar-refractivity contribution in [1.29, 1.82) is 0 Å². The van der Waals surface area contributed by atoms with E-state index < -0.39 is 0 Å². The molecule has 0 atom stereocenters. The summed E-state index contributed by atoms with van der Waals surface area (Å²) in [5.74, 6) is 0. The van der Waals surface area contributed by atoms with Crippen molar-refractivity contribution in [3.8, 4) is 0 Å². The minimum absolute atomic E-state index is 0.610. The zero-order chi connectivity index (χ0) is 14.4. The van der Waals surface area contributed by atoms with E-state index in [9.17, 15) is 0 Å². The van der Waals surface area contributed by atoms with E-state index in [4.69, 9.17) is 5.73 Å². The second kappa shape index (κ2) is 7.11. The van der Waals surface area contributed by atoms with Gasteiger partial charge in [0.05, 0.1) is 0 Å². The van der Waals surface area contributed by atoms with Crippen LogP contribution in [0, 0.1) is 6.92 Å². The van der Waals surface area contributed by atoms with Crippen LogP contribution in [0.25, 0.3) is 0 Å². The normalized spacial score (nSPS) is 10.6. The molecule has 2 nitrogen and oxygen atoms in total. The van der Waals surface area contributed by atoms with Gasteiger partial charge in [0.2, 0.25) is 0 Å². The van der Waals surface area contributed by atoms with Crippen molar-refractivity contribution in [3.63, 3.8) is 0 Å². The van der Waals surface area contributed by atoms with Crippen LogP contribution in [0.4, 0.5) is 5.69 Å². The summed E-state index contributed by atoms with van der Waals surface area (Å²) >= 11 is 0. The van der Waals surface area contributed by atoms with Crippen LogP contribution in [0.2, 0.25) is 0 Å². The van der Waals surface area contributed by atoms with E-state index in [0.29, 0.717) is 6.54 Å². The Morgan fingerprint density at radius 2 is 1.80 bits per heavy atom. The number of hydrogen-bond donors (Lipinski definition) is 1. The Kier molecular flexibility index (Phi) is 5.19. The Morgan fingerprint density at radius 3 is 2.40 bits per heavy atom. The molecule has 0 bridgehead atoms. The molecule has 2 aromatic rings. The molecule has 106 valence electrons. The first-order valence-corrected chi connectivity index (χ1v) is 7.33. The Hall–Kier alpha value is -1.80. The van der Waals surface area contributed by atoms with Crippen molar-refractivity contribution in [2.45, 2.75) is 33.4 Å². The van der Waals surface area contributed by atoms with Crippen LogP contribution in [0.15, 0.2) is 48.5 Å². The Balaban J connectivity index is 2.22. The quantitative estimate of drug-likeness (QED) is 0.861. The zero-order valence-corrected chi connectivity index (χ0v) is 12.5. The predicted octanol–water partition coefficient (Wildman–Crippen LogP) is 3.87. The second-order valence-corrected chi connectivity index (χ2v) is 5.22. The molecule has 2 N–H and O–H groups in total. The van der Waals surface area contributed by atoms with E-state index in [-0.39, 0.29) is 0 Å². The van der Waals surface area contributed by atoms with E-state index in [1.807, 2.05) is 0 Å². The van der Waals surface area contributed by atoms with Gasteiger partial charge >= 0.3 is 0 Å². The molecule has 0 heterocycles. The first kappa shape index (κ1) is 14.6. The van der Waals surface area contributed by atoms with Gasteiger partial charge in [-0.15, -0.1) is 0 Å². The molecule has 20 heavy (non-hydrogen) atoms. The fourth-order valence-corrected chi connectivity index (χ4v) is 2.48. The Labute approximate surface area is 122 Å². The van der Waals surface area contributed by atoms with Gasteiger partial charge < -0.3 is 10.6 Å². The van der Waals surface area contributed by atoms with Crippen molar-refractivity contribution in [2.75, 3.05) is 11.4 Å². The number of rotatable bonds is 6. The maximum atomic E-state index is 5.75. The van der Waals surface area contributed by atoms with Crippen molar-refractivity contribution in [3.05, 3.63) is 65.2 Å². The van der Waals surface area contributed by atoms with Gasteiger partial charge in [-0.2, -0.15) is 0 Å². The Bertz CT molecular complexity index is 534. The smallest absolute Gasteiger partial charge is 0.0429 e. The zero-order valence-electron chi connectivity index (χ0n) is 12.5. The van der Waals surface area contributed by atoms with Crippen molar-refractivity contribution in [2.24, 2.45) is 5.73 Å².